The predicted molar refractivity (Wildman–Crippen MR) is 54.0 cm³/mol. The summed E-state index contributed by atoms with van der Waals surface area (Å²) < 4.78 is 18.0. The van der Waals surface area contributed by atoms with Gasteiger partial charge < -0.3 is 9.84 Å². The average molecular weight is 210 g/mol. The third-order valence-electron chi connectivity index (χ3n) is 1.86. The molecule has 15 heavy (non-hydrogen) atoms. The van der Waals surface area contributed by atoms with Gasteiger partial charge in [0.25, 0.3) is 0 Å². The topological polar surface area (TPSA) is 46.5 Å². The van der Waals surface area contributed by atoms with Crippen molar-refractivity contribution in [2.24, 2.45) is 0 Å². The summed E-state index contributed by atoms with van der Waals surface area (Å²) in [4.78, 5) is 10.5. The van der Waals surface area contributed by atoms with Gasteiger partial charge in [0.05, 0.1) is 6.61 Å². The van der Waals surface area contributed by atoms with Crippen LogP contribution in [0, 0.1) is 0 Å². The van der Waals surface area contributed by atoms with Crippen molar-refractivity contribution in [3.05, 3.63) is 41.7 Å². The Labute approximate surface area is 86.8 Å². The van der Waals surface area contributed by atoms with Crippen LogP contribution in [0.3, 0.4) is 0 Å². The van der Waals surface area contributed by atoms with Gasteiger partial charge in [-0.2, -0.15) is 4.39 Å². The number of hydrogen-bond donors (Lipinski definition) is 1. The fourth-order valence-electron chi connectivity index (χ4n) is 1.19. The normalized spacial score (nSPS) is 12.1. The Kier molecular flexibility index (Phi) is 4.00. The summed E-state index contributed by atoms with van der Waals surface area (Å²) in [6.07, 6.45) is 0. The monoisotopic (exact) mass is 210 g/mol. The molecule has 0 aliphatic rings. The number of aliphatic carboxylic acids is 1. The molecule has 3 nitrogen and oxygen atoms in total. The van der Waals surface area contributed by atoms with E-state index in [2.05, 4.69) is 0 Å². The van der Waals surface area contributed by atoms with E-state index in [9.17, 15) is 9.18 Å². The minimum Gasteiger partial charge on any atom is -0.476 e. The summed E-state index contributed by atoms with van der Waals surface area (Å²) in [6, 6.07) is 8.46. The summed E-state index contributed by atoms with van der Waals surface area (Å²) in [6.45, 7) is -0.0673. The van der Waals surface area contributed by atoms with Crippen LogP contribution < -0.4 is 0 Å². The van der Waals surface area contributed by atoms with Crippen LogP contribution in [0.4, 0.5) is 4.39 Å². The van der Waals surface area contributed by atoms with E-state index in [1.807, 2.05) is 0 Å². The number of carboxylic acids is 1. The molecule has 4 heteroatoms. The zero-order chi connectivity index (χ0) is 11.3. The smallest absolute Gasteiger partial charge is 0.365 e. The Hall–Kier alpha value is -1.68. The van der Waals surface area contributed by atoms with Crippen molar-refractivity contribution in [2.45, 2.75) is 0 Å². The second-order valence-corrected chi connectivity index (χ2v) is 2.90. The molecule has 0 aliphatic carbocycles. The highest BCUT2D eigenvalue weighted by molar-refractivity contribution is 5.94. The Morgan fingerprint density at radius 3 is 2.47 bits per heavy atom. The molecule has 1 aromatic carbocycles. The number of benzene rings is 1. The maximum absolute atomic E-state index is 13.3. The second-order valence-electron chi connectivity index (χ2n) is 2.90. The van der Waals surface area contributed by atoms with Crippen molar-refractivity contribution >= 4 is 11.5 Å². The van der Waals surface area contributed by atoms with Gasteiger partial charge in [-0.3, -0.25) is 0 Å². The zero-order valence-electron chi connectivity index (χ0n) is 8.24. The molecular weight excluding hydrogens is 199 g/mol. The quantitative estimate of drug-likeness (QED) is 0.774. The molecular formula is C11H11FO3. The van der Waals surface area contributed by atoms with Gasteiger partial charge in [0.15, 0.2) is 0 Å². The van der Waals surface area contributed by atoms with E-state index >= 15 is 0 Å². The molecule has 80 valence electrons. The van der Waals surface area contributed by atoms with Crippen molar-refractivity contribution in [3.8, 4) is 0 Å². The minimum absolute atomic E-state index is 0.0469. The zero-order valence-corrected chi connectivity index (χ0v) is 8.24. The van der Waals surface area contributed by atoms with E-state index in [4.69, 9.17) is 9.84 Å². The van der Waals surface area contributed by atoms with Crippen LogP contribution >= 0.6 is 0 Å². The Bertz CT molecular complexity index is 371. The number of halogens is 1. The molecule has 1 rings (SSSR count). The first-order valence-electron chi connectivity index (χ1n) is 4.33. The van der Waals surface area contributed by atoms with Gasteiger partial charge >= 0.3 is 5.97 Å². The van der Waals surface area contributed by atoms with Crippen LogP contribution in [0.15, 0.2) is 36.2 Å². The second kappa shape index (κ2) is 5.26. The minimum atomic E-state index is -1.58. The van der Waals surface area contributed by atoms with E-state index in [0.29, 0.717) is 5.56 Å². The first-order chi connectivity index (χ1) is 7.16. The van der Waals surface area contributed by atoms with E-state index in [-0.39, 0.29) is 12.2 Å². The lowest BCUT2D eigenvalue weighted by Gasteiger charge is -2.06. The van der Waals surface area contributed by atoms with E-state index in [1.54, 1.807) is 30.3 Å². The average Bonchev–Trinajstić information content (AvgIpc) is 2.26. The lowest BCUT2D eigenvalue weighted by atomic mass is 10.1. The standard InChI is InChI=1S/C11H11FO3/c1-15-7-9(10(12)11(13)14)8-5-3-2-4-6-8/h2-6H,7H2,1H3,(H,13,14)/b10-9-. The van der Waals surface area contributed by atoms with Gasteiger partial charge in [-0.15, -0.1) is 0 Å². The number of carboxylic acid groups (broad SMARTS) is 1. The summed E-state index contributed by atoms with van der Waals surface area (Å²) in [5.41, 5.74) is 0.560. The molecule has 0 heterocycles. The Morgan fingerprint density at radius 2 is 2.00 bits per heavy atom. The number of carbonyl (C=O) groups is 1. The van der Waals surface area contributed by atoms with Gasteiger partial charge in [-0.1, -0.05) is 30.3 Å². The van der Waals surface area contributed by atoms with E-state index in [1.165, 1.54) is 7.11 Å². The third-order valence-corrected chi connectivity index (χ3v) is 1.86. The van der Waals surface area contributed by atoms with Crippen LogP contribution in [0.5, 0.6) is 0 Å². The molecule has 1 N–H and O–H groups in total. The first kappa shape index (κ1) is 11.4. The summed E-state index contributed by atoms with van der Waals surface area (Å²) >= 11 is 0. The molecule has 0 radical (unpaired) electrons. The van der Waals surface area contributed by atoms with Crippen molar-refractivity contribution in [1.29, 1.82) is 0 Å². The van der Waals surface area contributed by atoms with Crippen molar-refractivity contribution < 1.29 is 19.0 Å². The fraction of sp³-hybridized carbons (Fsp3) is 0.182. The SMILES string of the molecule is COC/C(=C(/F)C(=O)O)c1ccccc1. The number of rotatable bonds is 4. The summed E-state index contributed by atoms with van der Waals surface area (Å²) in [5.74, 6) is -2.76. The lowest BCUT2D eigenvalue weighted by Crippen LogP contribution is -2.04. The molecule has 0 aliphatic heterocycles. The summed E-state index contributed by atoms with van der Waals surface area (Å²) in [7, 11) is 1.39. The number of hydrogen-bond acceptors (Lipinski definition) is 2. The largest absolute Gasteiger partial charge is 0.476 e. The molecule has 0 fully saturated rings. The van der Waals surface area contributed by atoms with Crippen molar-refractivity contribution in [2.75, 3.05) is 13.7 Å². The highest BCUT2D eigenvalue weighted by Gasteiger charge is 2.15. The molecule has 0 bridgehead atoms. The maximum atomic E-state index is 13.3. The van der Waals surface area contributed by atoms with Gasteiger partial charge in [-0.25, -0.2) is 4.79 Å². The lowest BCUT2D eigenvalue weighted by molar-refractivity contribution is -0.134. The Balaban J connectivity index is 3.14. The third kappa shape index (κ3) is 2.89. The van der Waals surface area contributed by atoms with Crippen LogP contribution in [-0.2, 0) is 9.53 Å². The highest BCUT2D eigenvalue weighted by Crippen LogP contribution is 2.20. The molecule has 0 amide bonds. The van der Waals surface area contributed by atoms with Crippen LogP contribution in [0.2, 0.25) is 0 Å². The number of methoxy groups -OCH3 is 1. The van der Waals surface area contributed by atoms with E-state index in [0.717, 1.165) is 0 Å². The molecule has 0 spiro atoms. The summed E-state index contributed by atoms with van der Waals surface area (Å²) in [5, 5.41) is 8.55. The molecule has 1 aromatic rings. The fourth-order valence-corrected chi connectivity index (χ4v) is 1.19. The predicted octanol–water partition coefficient (Wildman–Crippen LogP) is 2.10. The van der Waals surface area contributed by atoms with Crippen molar-refractivity contribution in [1.82, 2.24) is 0 Å². The van der Waals surface area contributed by atoms with Crippen molar-refractivity contribution in [3.63, 3.8) is 0 Å². The van der Waals surface area contributed by atoms with Crippen LogP contribution in [0.1, 0.15) is 5.56 Å². The number of ether oxygens (including phenoxy) is 1. The van der Waals surface area contributed by atoms with Crippen LogP contribution in [0.25, 0.3) is 5.57 Å². The van der Waals surface area contributed by atoms with Gasteiger partial charge in [0.1, 0.15) is 0 Å². The Morgan fingerprint density at radius 1 is 1.40 bits per heavy atom. The molecule has 0 aromatic heterocycles. The first-order valence-corrected chi connectivity index (χ1v) is 4.33. The van der Waals surface area contributed by atoms with Gasteiger partial charge in [0.2, 0.25) is 5.83 Å². The van der Waals surface area contributed by atoms with Crippen LogP contribution in [-0.4, -0.2) is 24.8 Å². The van der Waals surface area contributed by atoms with Gasteiger partial charge in [0, 0.05) is 12.7 Å². The maximum Gasteiger partial charge on any atom is 0.365 e. The molecule has 0 atom stereocenters. The molecule has 0 saturated heterocycles. The molecule has 0 unspecified atom stereocenters. The van der Waals surface area contributed by atoms with Gasteiger partial charge in [-0.05, 0) is 5.56 Å². The molecule has 0 saturated carbocycles. The highest BCUT2D eigenvalue weighted by atomic mass is 19.1. The van der Waals surface area contributed by atoms with E-state index < -0.39 is 11.8 Å².